The summed E-state index contributed by atoms with van der Waals surface area (Å²) in [6, 6.07) is 12.9. The quantitative estimate of drug-likeness (QED) is 0.561. The lowest BCUT2D eigenvalue weighted by atomic mass is 9.75. The number of anilines is 1. The predicted octanol–water partition coefficient (Wildman–Crippen LogP) is 2.43. The fourth-order valence-corrected chi connectivity index (χ4v) is 5.08. The average Bonchev–Trinajstić information content (AvgIpc) is 3.07. The van der Waals surface area contributed by atoms with Gasteiger partial charge in [-0.1, -0.05) is 35.9 Å². The van der Waals surface area contributed by atoms with E-state index in [9.17, 15) is 14.4 Å². The third-order valence-electron chi connectivity index (χ3n) is 6.60. The van der Waals surface area contributed by atoms with E-state index in [0.29, 0.717) is 36.8 Å². The zero-order valence-electron chi connectivity index (χ0n) is 19.5. The van der Waals surface area contributed by atoms with Crippen molar-refractivity contribution in [2.24, 2.45) is 0 Å². The van der Waals surface area contributed by atoms with E-state index in [1.54, 1.807) is 29.2 Å². The lowest BCUT2D eigenvalue weighted by molar-refractivity contribution is -0.143. The summed E-state index contributed by atoms with van der Waals surface area (Å²) in [6.45, 7) is 4.66. The molecule has 3 heterocycles. The Bertz CT molecular complexity index is 1090. The van der Waals surface area contributed by atoms with Crippen molar-refractivity contribution >= 4 is 35.1 Å². The van der Waals surface area contributed by atoms with Crippen LogP contribution in [0.5, 0.6) is 0 Å². The zero-order valence-corrected chi connectivity index (χ0v) is 20.3. The van der Waals surface area contributed by atoms with Gasteiger partial charge in [0.05, 0.1) is 18.6 Å². The Balaban J connectivity index is 1.54. The summed E-state index contributed by atoms with van der Waals surface area (Å²) in [4.78, 5) is 49.6. The van der Waals surface area contributed by atoms with Crippen LogP contribution in [0.25, 0.3) is 0 Å². The van der Waals surface area contributed by atoms with Gasteiger partial charge in [0, 0.05) is 56.8 Å². The molecule has 0 unspecified atom stereocenters. The maximum Gasteiger partial charge on any atom is 0.241 e. The van der Waals surface area contributed by atoms with Crippen LogP contribution in [0.3, 0.4) is 0 Å². The van der Waals surface area contributed by atoms with E-state index in [1.807, 2.05) is 25.1 Å². The topological polar surface area (TPSA) is 83.1 Å². The Kier molecular flexibility index (Phi) is 7.19. The molecule has 1 atom stereocenters. The number of amides is 3. The van der Waals surface area contributed by atoms with Gasteiger partial charge in [-0.25, -0.2) is 4.98 Å². The van der Waals surface area contributed by atoms with Gasteiger partial charge in [-0.2, -0.15) is 0 Å². The van der Waals surface area contributed by atoms with E-state index in [-0.39, 0.29) is 37.8 Å². The number of pyridine rings is 1. The molecule has 2 aliphatic heterocycles. The number of piperazine rings is 1. The molecular weight excluding hydrogens is 456 g/mol. The molecule has 2 fully saturated rings. The molecule has 180 valence electrons. The first-order chi connectivity index (χ1) is 16.4. The summed E-state index contributed by atoms with van der Waals surface area (Å²) >= 11 is 6.48. The van der Waals surface area contributed by atoms with Crippen molar-refractivity contribution in [3.63, 3.8) is 0 Å². The van der Waals surface area contributed by atoms with E-state index < -0.39 is 11.3 Å². The van der Waals surface area contributed by atoms with E-state index in [0.717, 1.165) is 11.5 Å². The number of nitrogens with zero attached hydrogens (tertiary/aromatic N) is 4. The standard InChI is InChI=1S/C25H29ClN4O4/c1-18-6-5-9-21(27-18)28-10-12-29(13-11-28)22(31)16-25(19-7-3-4-8-20(19)26)17-23(32)30(24(25)33)14-15-34-2/h3-9H,10-17H2,1-2H3/t25-/m0/s1. The van der Waals surface area contributed by atoms with Crippen molar-refractivity contribution in [1.82, 2.24) is 14.8 Å². The highest BCUT2D eigenvalue weighted by atomic mass is 35.5. The number of hydrogen-bond donors (Lipinski definition) is 0. The second kappa shape index (κ2) is 10.1. The molecule has 0 spiro atoms. The van der Waals surface area contributed by atoms with Gasteiger partial charge in [0.15, 0.2) is 0 Å². The number of aromatic nitrogens is 1. The summed E-state index contributed by atoms with van der Waals surface area (Å²) in [7, 11) is 1.52. The first-order valence-electron chi connectivity index (χ1n) is 11.4. The highest BCUT2D eigenvalue weighted by molar-refractivity contribution is 6.32. The van der Waals surface area contributed by atoms with Gasteiger partial charge in [0.1, 0.15) is 5.82 Å². The molecule has 1 aromatic carbocycles. The third-order valence-corrected chi connectivity index (χ3v) is 6.93. The smallest absolute Gasteiger partial charge is 0.241 e. The molecule has 1 aromatic heterocycles. The average molecular weight is 485 g/mol. The highest BCUT2D eigenvalue weighted by Crippen LogP contribution is 2.43. The van der Waals surface area contributed by atoms with Gasteiger partial charge in [-0.15, -0.1) is 0 Å². The SMILES string of the molecule is COCCN1C(=O)C[C@@](CC(=O)N2CCN(c3cccc(C)n3)CC2)(c2ccccc2Cl)C1=O. The fraction of sp³-hybridized carbons (Fsp3) is 0.440. The van der Waals surface area contributed by atoms with Gasteiger partial charge in [-0.3, -0.25) is 19.3 Å². The van der Waals surface area contributed by atoms with Crippen LogP contribution in [-0.2, 0) is 24.5 Å². The van der Waals surface area contributed by atoms with Crippen LogP contribution >= 0.6 is 11.6 Å². The summed E-state index contributed by atoms with van der Waals surface area (Å²) < 4.78 is 5.07. The Morgan fingerprint density at radius 1 is 1.09 bits per heavy atom. The second-order valence-corrected chi connectivity index (χ2v) is 9.17. The number of benzene rings is 1. The predicted molar refractivity (Wildman–Crippen MR) is 129 cm³/mol. The fourth-order valence-electron chi connectivity index (χ4n) is 4.76. The minimum absolute atomic E-state index is 0.0851. The first kappa shape index (κ1) is 24.2. The lowest BCUT2D eigenvalue weighted by Crippen LogP contribution is -2.51. The van der Waals surface area contributed by atoms with Crippen LogP contribution in [0, 0.1) is 6.92 Å². The second-order valence-electron chi connectivity index (χ2n) is 8.76. The number of carbonyl (C=O) groups excluding carboxylic acids is 3. The molecule has 3 amide bonds. The monoisotopic (exact) mass is 484 g/mol. The van der Waals surface area contributed by atoms with Crippen molar-refractivity contribution in [3.05, 3.63) is 58.7 Å². The third kappa shape index (κ3) is 4.65. The van der Waals surface area contributed by atoms with Gasteiger partial charge >= 0.3 is 0 Å². The molecule has 8 nitrogen and oxygen atoms in total. The largest absolute Gasteiger partial charge is 0.383 e. The van der Waals surface area contributed by atoms with Crippen LogP contribution < -0.4 is 4.90 Å². The Morgan fingerprint density at radius 3 is 2.50 bits per heavy atom. The van der Waals surface area contributed by atoms with Crippen molar-refractivity contribution in [2.75, 3.05) is 51.3 Å². The van der Waals surface area contributed by atoms with Crippen LogP contribution in [0.1, 0.15) is 24.1 Å². The first-order valence-corrected chi connectivity index (χ1v) is 11.8. The number of carbonyl (C=O) groups is 3. The normalized spacial score (nSPS) is 20.9. The van der Waals surface area contributed by atoms with Crippen molar-refractivity contribution in [2.45, 2.75) is 25.2 Å². The molecule has 34 heavy (non-hydrogen) atoms. The minimum atomic E-state index is -1.31. The molecule has 4 rings (SSSR count). The molecule has 0 radical (unpaired) electrons. The Morgan fingerprint density at radius 2 is 1.82 bits per heavy atom. The number of aryl methyl sites for hydroxylation is 1. The van der Waals surface area contributed by atoms with Gasteiger partial charge in [-0.05, 0) is 30.7 Å². The summed E-state index contributed by atoms with van der Waals surface area (Å²) in [5.41, 5.74) is 0.154. The van der Waals surface area contributed by atoms with E-state index in [4.69, 9.17) is 16.3 Å². The van der Waals surface area contributed by atoms with Crippen molar-refractivity contribution in [3.8, 4) is 0 Å². The van der Waals surface area contributed by atoms with E-state index in [1.165, 1.54) is 12.0 Å². The number of likely N-dealkylation sites (tertiary alicyclic amines) is 1. The Hall–Kier alpha value is -2.97. The summed E-state index contributed by atoms with van der Waals surface area (Å²) in [6.07, 6.45) is -0.189. The number of ether oxygens (including phenoxy) is 1. The molecule has 9 heteroatoms. The van der Waals surface area contributed by atoms with Crippen LogP contribution in [0.2, 0.25) is 5.02 Å². The van der Waals surface area contributed by atoms with Crippen molar-refractivity contribution < 1.29 is 19.1 Å². The van der Waals surface area contributed by atoms with Crippen LogP contribution in [0.4, 0.5) is 5.82 Å². The van der Waals surface area contributed by atoms with Gasteiger partial charge in [0.25, 0.3) is 0 Å². The molecule has 2 aromatic rings. The number of methoxy groups -OCH3 is 1. The molecular formula is C25H29ClN4O4. The van der Waals surface area contributed by atoms with Crippen molar-refractivity contribution in [1.29, 1.82) is 0 Å². The maximum absolute atomic E-state index is 13.6. The number of hydrogen-bond acceptors (Lipinski definition) is 6. The number of halogens is 1. The van der Waals surface area contributed by atoms with E-state index in [2.05, 4.69) is 9.88 Å². The van der Waals surface area contributed by atoms with Crippen LogP contribution in [-0.4, -0.2) is 78.9 Å². The van der Waals surface area contributed by atoms with E-state index >= 15 is 0 Å². The molecule has 0 aliphatic carbocycles. The number of rotatable bonds is 7. The van der Waals surface area contributed by atoms with Gasteiger partial charge in [0.2, 0.25) is 17.7 Å². The molecule has 0 bridgehead atoms. The van der Waals surface area contributed by atoms with Crippen LogP contribution in [0.15, 0.2) is 42.5 Å². The van der Waals surface area contributed by atoms with Gasteiger partial charge < -0.3 is 14.5 Å². The highest BCUT2D eigenvalue weighted by Gasteiger charge is 2.54. The molecule has 2 saturated heterocycles. The lowest BCUT2D eigenvalue weighted by Gasteiger charge is -2.37. The maximum atomic E-state index is 13.6. The molecule has 0 N–H and O–H groups in total. The Labute approximate surface area is 204 Å². The zero-order chi connectivity index (χ0) is 24.3. The summed E-state index contributed by atoms with van der Waals surface area (Å²) in [5.74, 6) is 0.0280. The molecule has 2 aliphatic rings. The summed E-state index contributed by atoms with van der Waals surface area (Å²) in [5, 5.41) is 0.375. The number of imide groups is 1. The molecule has 0 saturated carbocycles. The minimum Gasteiger partial charge on any atom is -0.383 e.